The molecule has 1 atom stereocenters. The first-order valence-corrected chi connectivity index (χ1v) is 9.31. The number of aryl methyl sites for hydroxylation is 1. The Hall–Kier alpha value is -2.41. The average Bonchev–Trinajstić information content (AvgIpc) is 2.69. The minimum absolute atomic E-state index is 0.0533. The number of nitrogens with one attached hydrogen (secondary N) is 1. The molecule has 0 unspecified atom stereocenters. The van der Waals surface area contributed by atoms with E-state index in [0.717, 1.165) is 30.8 Å². The third-order valence-electron chi connectivity index (χ3n) is 4.90. The fourth-order valence-electron chi connectivity index (χ4n) is 3.25. The Morgan fingerprint density at radius 1 is 1.48 bits per heavy atom. The number of hydrogen-bond donors (Lipinski definition) is 1. The van der Waals surface area contributed by atoms with Gasteiger partial charge in [-0.2, -0.15) is 5.10 Å². The summed E-state index contributed by atoms with van der Waals surface area (Å²) < 4.78 is 14.0. The Bertz CT molecular complexity index is 804. The zero-order valence-electron chi connectivity index (χ0n) is 15.5. The van der Waals surface area contributed by atoms with Crippen molar-refractivity contribution in [3.63, 3.8) is 0 Å². The molecule has 3 rings (SSSR count). The highest BCUT2D eigenvalue weighted by atomic mass is 35.5. The Kier molecular flexibility index (Phi) is 6.11. The molecule has 6 nitrogen and oxygen atoms in total. The number of amides is 2. The highest BCUT2D eigenvalue weighted by molar-refractivity contribution is 6.31. The van der Waals surface area contributed by atoms with Gasteiger partial charge < -0.3 is 15.1 Å². The molecule has 1 aliphatic rings. The number of nitrogens with zero attached hydrogens (tertiary/aromatic N) is 4. The fourth-order valence-corrected chi connectivity index (χ4v) is 3.41. The van der Waals surface area contributed by atoms with E-state index < -0.39 is 5.82 Å². The van der Waals surface area contributed by atoms with Crippen molar-refractivity contribution in [2.75, 3.05) is 25.0 Å². The molecule has 0 aliphatic carbocycles. The molecular formula is C19H23ClFN5O. The van der Waals surface area contributed by atoms with Crippen LogP contribution >= 0.6 is 11.6 Å². The van der Waals surface area contributed by atoms with Crippen molar-refractivity contribution in [2.45, 2.75) is 32.4 Å². The number of aromatic nitrogens is 2. The highest BCUT2D eigenvalue weighted by Gasteiger charge is 2.27. The first-order chi connectivity index (χ1) is 13.0. The molecule has 1 N–H and O–H groups in total. The summed E-state index contributed by atoms with van der Waals surface area (Å²) in [6, 6.07) is 6.54. The van der Waals surface area contributed by atoms with Crippen molar-refractivity contribution in [3.8, 4) is 0 Å². The lowest BCUT2D eigenvalue weighted by atomic mass is 10.0. The van der Waals surface area contributed by atoms with Gasteiger partial charge in [-0.1, -0.05) is 11.6 Å². The lowest BCUT2D eigenvalue weighted by Crippen LogP contribution is -2.51. The SMILES string of the molecule is Cc1cc(CNC(=O)N(C)[C@@H]2CCCN(c3cccnn3)C2)c(F)cc1Cl. The maximum atomic E-state index is 14.0. The number of anilines is 1. The van der Waals surface area contributed by atoms with Gasteiger partial charge in [-0.3, -0.25) is 0 Å². The zero-order valence-corrected chi connectivity index (χ0v) is 16.2. The molecule has 1 aliphatic heterocycles. The Morgan fingerprint density at radius 2 is 2.30 bits per heavy atom. The molecule has 27 heavy (non-hydrogen) atoms. The van der Waals surface area contributed by atoms with Gasteiger partial charge in [0.2, 0.25) is 0 Å². The summed E-state index contributed by atoms with van der Waals surface area (Å²) in [5.41, 5.74) is 1.20. The molecule has 1 aromatic carbocycles. The molecule has 1 aromatic heterocycles. The quantitative estimate of drug-likeness (QED) is 0.867. The Morgan fingerprint density at radius 3 is 3.04 bits per heavy atom. The Labute approximate surface area is 163 Å². The molecule has 2 amide bonds. The summed E-state index contributed by atoms with van der Waals surface area (Å²) in [7, 11) is 1.77. The predicted octanol–water partition coefficient (Wildman–Crippen LogP) is 3.39. The van der Waals surface area contributed by atoms with E-state index in [1.807, 2.05) is 19.1 Å². The fraction of sp³-hybridized carbons (Fsp3) is 0.421. The van der Waals surface area contributed by atoms with Crippen molar-refractivity contribution in [2.24, 2.45) is 0 Å². The summed E-state index contributed by atoms with van der Waals surface area (Å²) in [5.74, 6) is 0.398. The van der Waals surface area contributed by atoms with Crippen LogP contribution in [0.2, 0.25) is 5.02 Å². The summed E-state index contributed by atoms with van der Waals surface area (Å²) in [6.07, 6.45) is 3.51. The van der Waals surface area contributed by atoms with E-state index >= 15 is 0 Å². The number of carbonyl (C=O) groups is 1. The zero-order chi connectivity index (χ0) is 19.4. The molecule has 144 valence electrons. The van der Waals surface area contributed by atoms with Crippen molar-refractivity contribution in [3.05, 3.63) is 52.4 Å². The second-order valence-corrected chi connectivity index (χ2v) is 7.19. The first kappa shape index (κ1) is 19.4. The largest absolute Gasteiger partial charge is 0.353 e. The number of benzene rings is 1. The maximum absolute atomic E-state index is 14.0. The maximum Gasteiger partial charge on any atom is 0.317 e. The molecular weight excluding hydrogens is 369 g/mol. The molecule has 2 aromatic rings. The summed E-state index contributed by atoms with van der Waals surface area (Å²) in [4.78, 5) is 16.4. The molecule has 0 bridgehead atoms. The van der Waals surface area contributed by atoms with Crippen LogP contribution in [0.5, 0.6) is 0 Å². The standard InChI is InChI=1S/C19H23ClFN5O/c1-13-9-14(17(21)10-16(13)20)11-22-19(27)25(2)15-5-4-8-26(12-15)18-6-3-7-23-24-18/h3,6-7,9-10,15H,4-5,8,11-12H2,1-2H3,(H,22,27)/t15-/m1/s1. The number of halogens is 2. The van der Waals surface area contributed by atoms with E-state index in [0.29, 0.717) is 17.1 Å². The van der Waals surface area contributed by atoms with Gasteiger partial charge in [0.1, 0.15) is 5.82 Å². The van der Waals surface area contributed by atoms with Gasteiger partial charge in [-0.05, 0) is 49.6 Å². The normalized spacial score (nSPS) is 16.9. The van der Waals surface area contributed by atoms with Crippen LogP contribution in [0.4, 0.5) is 15.0 Å². The number of rotatable bonds is 4. The smallest absolute Gasteiger partial charge is 0.317 e. The van der Waals surface area contributed by atoms with Crippen LogP contribution < -0.4 is 10.2 Å². The van der Waals surface area contributed by atoms with Crippen LogP contribution in [0, 0.1) is 12.7 Å². The van der Waals surface area contributed by atoms with Gasteiger partial charge >= 0.3 is 6.03 Å². The number of carbonyl (C=O) groups excluding carboxylic acids is 1. The van der Waals surface area contributed by atoms with Gasteiger partial charge in [0.15, 0.2) is 5.82 Å². The monoisotopic (exact) mass is 391 g/mol. The van der Waals surface area contributed by atoms with Gasteiger partial charge in [0.25, 0.3) is 0 Å². The molecule has 8 heteroatoms. The van der Waals surface area contributed by atoms with Gasteiger partial charge in [-0.15, -0.1) is 5.10 Å². The van der Waals surface area contributed by atoms with Crippen LogP contribution in [-0.2, 0) is 6.54 Å². The van der Waals surface area contributed by atoms with E-state index in [1.54, 1.807) is 24.2 Å². The van der Waals surface area contributed by atoms with Gasteiger partial charge in [0.05, 0.1) is 6.04 Å². The number of urea groups is 1. The van der Waals surface area contributed by atoms with Gasteiger partial charge in [-0.25, -0.2) is 9.18 Å². The lowest BCUT2D eigenvalue weighted by molar-refractivity contribution is 0.182. The second kappa shape index (κ2) is 8.52. The van der Waals surface area contributed by atoms with Crippen LogP contribution in [-0.4, -0.2) is 47.3 Å². The summed E-state index contributed by atoms with van der Waals surface area (Å²) >= 11 is 5.92. The lowest BCUT2D eigenvalue weighted by Gasteiger charge is -2.38. The molecule has 2 heterocycles. The number of piperidine rings is 1. The van der Waals surface area contributed by atoms with Crippen LogP contribution in [0.15, 0.2) is 30.5 Å². The third-order valence-corrected chi connectivity index (χ3v) is 5.31. The first-order valence-electron chi connectivity index (χ1n) is 8.93. The van der Waals surface area contributed by atoms with Crippen molar-refractivity contribution < 1.29 is 9.18 Å². The van der Waals surface area contributed by atoms with E-state index in [-0.39, 0.29) is 18.6 Å². The average molecular weight is 392 g/mol. The topological polar surface area (TPSA) is 61.4 Å². The molecule has 0 spiro atoms. The predicted molar refractivity (Wildman–Crippen MR) is 103 cm³/mol. The second-order valence-electron chi connectivity index (χ2n) is 6.79. The van der Waals surface area contributed by atoms with E-state index in [4.69, 9.17) is 11.6 Å². The molecule has 0 saturated carbocycles. The Balaban J connectivity index is 1.59. The summed E-state index contributed by atoms with van der Waals surface area (Å²) in [5, 5.41) is 11.2. The van der Waals surface area contributed by atoms with E-state index in [2.05, 4.69) is 20.4 Å². The van der Waals surface area contributed by atoms with E-state index in [9.17, 15) is 9.18 Å². The van der Waals surface area contributed by atoms with Crippen LogP contribution in [0.1, 0.15) is 24.0 Å². The number of likely N-dealkylation sites (N-methyl/N-ethyl adjacent to an activating group) is 1. The van der Waals surface area contributed by atoms with Crippen molar-refractivity contribution in [1.29, 1.82) is 0 Å². The molecule has 0 radical (unpaired) electrons. The molecule has 1 fully saturated rings. The van der Waals surface area contributed by atoms with Crippen LogP contribution in [0.3, 0.4) is 0 Å². The van der Waals surface area contributed by atoms with Crippen LogP contribution in [0.25, 0.3) is 0 Å². The minimum Gasteiger partial charge on any atom is -0.353 e. The number of hydrogen-bond acceptors (Lipinski definition) is 4. The van der Waals surface area contributed by atoms with E-state index in [1.165, 1.54) is 6.07 Å². The van der Waals surface area contributed by atoms with Crippen molar-refractivity contribution in [1.82, 2.24) is 20.4 Å². The highest BCUT2D eigenvalue weighted by Crippen LogP contribution is 2.21. The van der Waals surface area contributed by atoms with Gasteiger partial charge in [0, 0.05) is 43.5 Å². The minimum atomic E-state index is -0.417. The molecule has 1 saturated heterocycles. The van der Waals surface area contributed by atoms with Crippen molar-refractivity contribution >= 4 is 23.4 Å². The summed E-state index contributed by atoms with van der Waals surface area (Å²) in [6.45, 7) is 3.51. The third kappa shape index (κ3) is 4.66.